The predicted octanol–water partition coefficient (Wildman–Crippen LogP) is 4.66. The normalized spacial score (nSPS) is 15.6. The highest BCUT2D eigenvalue weighted by molar-refractivity contribution is 6.21. The molecule has 0 fully saturated rings. The van der Waals surface area contributed by atoms with Crippen LogP contribution in [0.5, 0.6) is 0 Å². The third kappa shape index (κ3) is 3.91. The van der Waals surface area contributed by atoms with Crippen molar-refractivity contribution >= 4 is 34.5 Å². The van der Waals surface area contributed by atoms with Crippen molar-refractivity contribution in [2.24, 2.45) is 5.92 Å². The van der Waals surface area contributed by atoms with Gasteiger partial charge in [-0.1, -0.05) is 30.7 Å². The Hall–Kier alpha value is -3.74. The van der Waals surface area contributed by atoms with Crippen LogP contribution < -0.4 is 0 Å². The topological polar surface area (TPSA) is 105 Å². The zero-order chi connectivity index (χ0) is 23.8. The monoisotopic (exact) mass is 459 g/mol. The second kappa shape index (κ2) is 8.89. The van der Waals surface area contributed by atoms with E-state index in [-0.39, 0.29) is 30.6 Å². The van der Waals surface area contributed by atoms with Crippen LogP contribution in [0.25, 0.3) is 11.0 Å². The van der Waals surface area contributed by atoms with Crippen molar-refractivity contribution in [1.82, 2.24) is 4.90 Å². The van der Waals surface area contributed by atoms with Gasteiger partial charge in [-0.15, -0.1) is 0 Å². The number of imide groups is 1. The number of benzene rings is 2. The molecule has 7 heteroatoms. The molecular weight excluding hydrogens is 434 g/mol. The van der Waals surface area contributed by atoms with Crippen LogP contribution in [-0.4, -0.2) is 40.1 Å². The summed E-state index contributed by atoms with van der Waals surface area (Å²) < 4.78 is 5.89. The zero-order valence-electron chi connectivity index (χ0n) is 18.7. The van der Waals surface area contributed by atoms with Crippen molar-refractivity contribution < 1.29 is 28.7 Å². The van der Waals surface area contributed by atoms with Gasteiger partial charge >= 0.3 is 5.97 Å². The van der Waals surface area contributed by atoms with Crippen molar-refractivity contribution in [2.75, 3.05) is 6.54 Å². The number of nitrogens with zero attached hydrogens (tertiary/aromatic N) is 1. The fourth-order valence-corrected chi connectivity index (χ4v) is 5.03. The summed E-state index contributed by atoms with van der Waals surface area (Å²) in [7, 11) is 0. The summed E-state index contributed by atoms with van der Waals surface area (Å²) in [5, 5.41) is 10.7. The minimum absolute atomic E-state index is 0.103. The Balaban J connectivity index is 1.17. The van der Waals surface area contributed by atoms with Gasteiger partial charge in [-0.05, 0) is 43.9 Å². The van der Waals surface area contributed by atoms with Gasteiger partial charge in [0.1, 0.15) is 11.3 Å². The number of furan rings is 1. The van der Waals surface area contributed by atoms with Crippen molar-refractivity contribution in [3.63, 3.8) is 0 Å². The Morgan fingerprint density at radius 2 is 1.74 bits per heavy atom. The zero-order valence-corrected chi connectivity index (χ0v) is 18.7. The van der Waals surface area contributed by atoms with E-state index >= 15 is 0 Å². The number of carboxylic acids is 1. The van der Waals surface area contributed by atoms with E-state index in [1.54, 1.807) is 36.4 Å². The Morgan fingerprint density at radius 1 is 1.00 bits per heavy atom. The molecule has 174 valence electrons. The Kier molecular flexibility index (Phi) is 5.77. The summed E-state index contributed by atoms with van der Waals surface area (Å²) in [5.74, 6) is -1.72. The molecule has 2 amide bonds. The van der Waals surface area contributed by atoms with E-state index in [0.717, 1.165) is 30.4 Å². The maximum absolute atomic E-state index is 12.8. The van der Waals surface area contributed by atoms with Gasteiger partial charge in [0.25, 0.3) is 11.8 Å². The van der Waals surface area contributed by atoms with E-state index in [1.165, 1.54) is 10.5 Å². The van der Waals surface area contributed by atoms with E-state index in [0.29, 0.717) is 41.5 Å². The minimum Gasteiger partial charge on any atom is -0.481 e. The number of carbonyl (C=O) groups is 4. The van der Waals surface area contributed by atoms with Crippen LogP contribution in [0.3, 0.4) is 0 Å². The van der Waals surface area contributed by atoms with E-state index < -0.39 is 11.9 Å². The lowest BCUT2D eigenvalue weighted by Gasteiger charge is -2.15. The lowest BCUT2D eigenvalue weighted by molar-refractivity contribution is -0.141. The molecular formula is C27H25NO6. The summed E-state index contributed by atoms with van der Waals surface area (Å²) in [6.07, 6.45) is 4.13. The molecule has 0 unspecified atom stereocenters. The number of unbranched alkanes of at least 4 members (excludes halogenated alkanes) is 1. The van der Waals surface area contributed by atoms with E-state index in [1.807, 2.05) is 6.07 Å². The van der Waals surface area contributed by atoms with Crippen molar-refractivity contribution in [2.45, 2.75) is 44.9 Å². The van der Waals surface area contributed by atoms with Crippen LogP contribution in [-0.2, 0) is 17.6 Å². The number of aryl methyl sites for hydroxylation is 2. The Labute approximate surface area is 196 Å². The van der Waals surface area contributed by atoms with Crippen LogP contribution in [0.4, 0.5) is 0 Å². The summed E-state index contributed by atoms with van der Waals surface area (Å²) >= 11 is 0. The molecule has 1 atom stereocenters. The average molecular weight is 459 g/mol. The predicted molar refractivity (Wildman–Crippen MR) is 124 cm³/mol. The summed E-state index contributed by atoms with van der Waals surface area (Å²) in [6.45, 7) is 0.229. The number of carboxylic acid groups (broad SMARTS) is 1. The quantitative estimate of drug-likeness (QED) is 0.283. The van der Waals surface area contributed by atoms with Gasteiger partial charge in [0.05, 0.1) is 17.0 Å². The van der Waals surface area contributed by atoms with Gasteiger partial charge in [0.15, 0.2) is 5.78 Å². The van der Waals surface area contributed by atoms with Crippen LogP contribution in [0.15, 0.2) is 46.9 Å². The first-order valence-corrected chi connectivity index (χ1v) is 11.7. The first-order chi connectivity index (χ1) is 16.4. The second-order valence-electron chi connectivity index (χ2n) is 9.03. The number of Topliss-reactive ketones (excluding diaryl/α,β-unsaturated/α-hetero) is 1. The van der Waals surface area contributed by atoms with Gasteiger partial charge < -0.3 is 9.52 Å². The number of rotatable bonds is 9. The molecule has 0 radical (unpaired) electrons. The molecule has 0 saturated carbocycles. The van der Waals surface area contributed by atoms with Crippen molar-refractivity contribution in [1.29, 1.82) is 0 Å². The van der Waals surface area contributed by atoms with Crippen LogP contribution in [0.2, 0.25) is 0 Å². The SMILES string of the molecule is O=C(C[C@@H](CCCCN1C(=O)c2ccccc2C1=O)C(=O)O)c1ccc2c3c(oc2c1)CCC3. The molecule has 5 rings (SSSR count). The average Bonchev–Trinajstić information content (AvgIpc) is 3.49. The van der Waals surface area contributed by atoms with E-state index in [2.05, 4.69) is 0 Å². The molecule has 2 aliphatic rings. The molecule has 7 nitrogen and oxygen atoms in total. The van der Waals surface area contributed by atoms with Crippen LogP contribution in [0, 0.1) is 5.92 Å². The van der Waals surface area contributed by atoms with Crippen LogP contribution in [0.1, 0.15) is 74.5 Å². The highest BCUT2D eigenvalue weighted by Crippen LogP contribution is 2.33. The highest BCUT2D eigenvalue weighted by atomic mass is 16.4. The van der Waals surface area contributed by atoms with Gasteiger partial charge in [0.2, 0.25) is 0 Å². The molecule has 2 heterocycles. The molecule has 34 heavy (non-hydrogen) atoms. The highest BCUT2D eigenvalue weighted by Gasteiger charge is 2.34. The lowest BCUT2D eigenvalue weighted by atomic mass is 9.93. The van der Waals surface area contributed by atoms with E-state index in [9.17, 15) is 24.3 Å². The van der Waals surface area contributed by atoms with Gasteiger partial charge in [-0.25, -0.2) is 0 Å². The third-order valence-corrected chi connectivity index (χ3v) is 6.87. The number of fused-ring (bicyclic) bond motifs is 4. The molecule has 1 N–H and O–H groups in total. The van der Waals surface area contributed by atoms with Crippen LogP contribution >= 0.6 is 0 Å². The van der Waals surface area contributed by atoms with Crippen molar-refractivity contribution in [3.05, 3.63) is 70.5 Å². The Bertz CT molecular complexity index is 1280. The molecule has 1 aliphatic carbocycles. The maximum Gasteiger partial charge on any atom is 0.306 e. The number of ketones is 1. The Morgan fingerprint density at radius 3 is 2.44 bits per heavy atom. The summed E-state index contributed by atoms with van der Waals surface area (Å²) in [4.78, 5) is 50.7. The van der Waals surface area contributed by atoms with Crippen molar-refractivity contribution in [3.8, 4) is 0 Å². The number of amides is 2. The fourth-order valence-electron chi connectivity index (χ4n) is 5.03. The van der Waals surface area contributed by atoms with Gasteiger partial charge in [0, 0.05) is 35.9 Å². The fraction of sp³-hybridized carbons (Fsp3) is 0.333. The summed E-state index contributed by atoms with van der Waals surface area (Å²) in [5.41, 5.74) is 3.16. The van der Waals surface area contributed by atoms with Gasteiger partial charge in [-0.3, -0.25) is 24.1 Å². The molecule has 2 aromatic carbocycles. The second-order valence-corrected chi connectivity index (χ2v) is 9.03. The summed E-state index contributed by atoms with van der Waals surface area (Å²) in [6, 6.07) is 12.1. The molecule has 0 spiro atoms. The molecule has 0 bridgehead atoms. The van der Waals surface area contributed by atoms with E-state index in [4.69, 9.17) is 4.42 Å². The third-order valence-electron chi connectivity index (χ3n) is 6.87. The largest absolute Gasteiger partial charge is 0.481 e. The molecule has 0 saturated heterocycles. The minimum atomic E-state index is -1.02. The first kappa shape index (κ1) is 22.1. The first-order valence-electron chi connectivity index (χ1n) is 11.7. The number of carbonyl (C=O) groups excluding carboxylic acids is 3. The standard InChI is InChI=1S/C27H25NO6/c29-22(16-11-12-19-18-9-5-10-23(18)34-24(19)15-16)14-17(27(32)33)6-3-4-13-28-25(30)20-7-1-2-8-21(20)26(28)31/h1-2,7-8,11-12,15,17H,3-6,9-10,13-14H2,(H,32,33)/t17-/m1/s1. The lowest BCUT2D eigenvalue weighted by Crippen LogP contribution is -2.30. The molecule has 1 aromatic heterocycles. The number of aliphatic carboxylic acids is 1. The number of hydrogen-bond acceptors (Lipinski definition) is 5. The molecule has 1 aliphatic heterocycles. The van der Waals surface area contributed by atoms with Gasteiger partial charge in [-0.2, -0.15) is 0 Å². The smallest absolute Gasteiger partial charge is 0.306 e. The molecule has 3 aromatic rings. The number of hydrogen-bond donors (Lipinski definition) is 1. The maximum atomic E-state index is 12.8.